The number of carbonyl (C=O) groups is 1. The Bertz CT molecular complexity index is 1230. The minimum atomic E-state index is 0.126. The molecule has 3 heterocycles. The number of aromatic nitrogens is 1. The second-order valence-electron chi connectivity index (χ2n) is 9.33. The highest BCUT2D eigenvalue weighted by Crippen LogP contribution is 2.39. The van der Waals surface area contributed by atoms with E-state index in [1.165, 1.54) is 27.0 Å². The minimum absolute atomic E-state index is 0.126. The summed E-state index contributed by atoms with van der Waals surface area (Å²) in [5.41, 5.74) is 9.35. The SMILES string of the molecule is O=C(C[C@H]1CNC[C@@H]1c1ccccc1)[C@H]1CCC2=C(C1)C(c1ccc3ncsc3c1)=NC2. The average Bonchev–Trinajstić information content (AvgIpc) is 3.58. The van der Waals surface area contributed by atoms with E-state index >= 15 is 0 Å². The van der Waals surface area contributed by atoms with Gasteiger partial charge in [-0.15, -0.1) is 11.3 Å². The number of allylic oxidation sites excluding steroid dienone is 1. The second-order valence-corrected chi connectivity index (χ2v) is 10.2. The molecule has 1 fully saturated rings. The Morgan fingerprint density at radius 3 is 2.94 bits per heavy atom. The van der Waals surface area contributed by atoms with Crippen LogP contribution >= 0.6 is 11.3 Å². The van der Waals surface area contributed by atoms with Gasteiger partial charge in [0.15, 0.2) is 0 Å². The number of Topliss-reactive ketones (excluding diaryl/α,β-unsaturated/α-hetero) is 1. The molecular weight excluding hydrogens is 414 g/mol. The topological polar surface area (TPSA) is 54.4 Å². The third-order valence-corrected chi connectivity index (χ3v) is 8.27. The fourth-order valence-corrected chi connectivity index (χ4v) is 6.42. The lowest BCUT2D eigenvalue weighted by Gasteiger charge is -2.26. The Morgan fingerprint density at radius 1 is 1.12 bits per heavy atom. The van der Waals surface area contributed by atoms with E-state index in [1.807, 2.05) is 5.51 Å². The summed E-state index contributed by atoms with van der Waals surface area (Å²) in [6, 6.07) is 17.1. The molecule has 5 heteroatoms. The van der Waals surface area contributed by atoms with Gasteiger partial charge in [-0.2, -0.15) is 0 Å². The van der Waals surface area contributed by atoms with Gasteiger partial charge in [0.2, 0.25) is 0 Å². The average molecular weight is 442 g/mol. The summed E-state index contributed by atoms with van der Waals surface area (Å²) in [7, 11) is 0. The lowest BCUT2D eigenvalue weighted by atomic mass is 9.76. The molecule has 4 nitrogen and oxygen atoms in total. The molecule has 3 aromatic rings. The zero-order valence-electron chi connectivity index (χ0n) is 18.1. The van der Waals surface area contributed by atoms with Crippen LogP contribution in [0.2, 0.25) is 0 Å². The summed E-state index contributed by atoms with van der Waals surface area (Å²) in [6.07, 6.45) is 3.51. The van der Waals surface area contributed by atoms with Crippen LogP contribution in [0.4, 0.5) is 0 Å². The number of nitrogens with one attached hydrogen (secondary N) is 1. The summed E-state index contributed by atoms with van der Waals surface area (Å²) >= 11 is 1.67. The van der Waals surface area contributed by atoms with Crippen molar-refractivity contribution in [2.45, 2.75) is 31.6 Å². The molecule has 1 aromatic heterocycles. The van der Waals surface area contributed by atoms with E-state index in [0.717, 1.165) is 50.1 Å². The van der Waals surface area contributed by atoms with Gasteiger partial charge in [-0.05, 0) is 60.6 Å². The zero-order chi connectivity index (χ0) is 21.5. The predicted octanol–water partition coefficient (Wildman–Crippen LogP) is 5.16. The summed E-state index contributed by atoms with van der Waals surface area (Å²) in [5, 5.41) is 3.52. The molecule has 1 aliphatic carbocycles. The number of benzene rings is 2. The molecule has 2 aliphatic heterocycles. The Labute approximate surface area is 192 Å². The summed E-state index contributed by atoms with van der Waals surface area (Å²) < 4.78 is 1.20. The highest BCUT2D eigenvalue weighted by molar-refractivity contribution is 7.16. The highest BCUT2D eigenvalue weighted by atomic mass is 32.1. The van der Waals surface area contributed by atoms with Gasteiger partial charge in [0.05, 0.1) is 28.0 Å². The van der Waals surface area contributed by atoms with Crippen LogP contribution in [-0.4, -0.2) is 36.1 Å². The molecule has 6 rings (SSSR count). The smallest absolute Gasteiger partial charge is 0.136 e. The molecule has 1 saturated heterocycles. The molecule has 1 N–H and O–H groups in total. The largest absolute Gasteiger partial charge is 0.316 e. The van der Waals surface area contributed by atoms with Crippen LogP contribution in [0.1, 0.15) is 42.7 Å². The molecule has 0 spiro atoms. The van der Waals surface area contributed by atoms with Gasteiger partial charge in [-0.25, -0.2) is 4.98 Å². The van der Waals surface area contributed by atoms with Crippen LogP contribution in [-0.2, 0) is 4.79 Å². The van der Waals surface area contributed by atoms with Gasteiger partial charge in [-0.3, -0.25) is 9.79 Å². The van der Waals surface area contributed by atoms with Crippen molar-refractivity contribution in [1.29, 1.82) is 0 Å². The first kappa shape index (κ1) is 20.0. The van der Waals surface area contributed by atoms with Crippen molar-refractivity contribution in [3.63, 3.8) is 0 Å². The van der Waals surface area contributed by atoms with Crippen molar-refractivity contribution >= 4 is 33.0 Å². The maximum absolute atomic E-state index is 13.4. The number of carbonyl (C=O) groups excluding carboxylic acids is 1. The van der Waals surface area contributed by atoms with Gasteiger partial charge in [0, 0.05) is 30.4 Å². The molecule has 3 aliphatic rings. The second kappa shape index (κ2) is 8.38. The van der Waals surface area contributed by atoms with Crippen LogP contribution in [0, 0.1) is 11.8 Å². The van der Waals surface area contributed by atoms with Crippen LogP contribution in [0.15, 0.2) is 70.2 Å². The molecule has 0 radical (unpaired) electrons. The molecule has 0 amide bonds. The normalized spacial score (nSPS) is 25.2. The molecule has 0 saturated carbocycles. The lowest BCUT2D eigenvalue weighted by molar-refractivity contribution is -0.124. The molecule has 32 heavy (non-hydrogen) atoms. The van der Waals surface area contributed by atoms with Crippen LogP contribution < -0.4 is 5.32 Å². The van der Waals surface area contributed by atoms with E-state index in [9.17, 15) is 4.79 Å². The molecular formula is C27H27N3OS. The lowest BCUT2D eigenvalue weighted by Crippen LogP contribution is -2.25. The van der Waals surface area contributed by atoms with Crippen molar-refractivity contribution in [1.82, 2.24) is 10.3 Å². The number of thiazole rings is 1. The Morgan fingerprint density at radius 2 is 2.03 bits per heavy atom. The van der Waals surface area contributed by atoms with Crippen molar-refractivity contribution in [3.05, 3.63) is 76.3 Å². The first-order valence-electron chi connectivity index (χ1n) is 11.6. The van der Waals surface area contributed by atoms with Gasteiger partial charge in [-0.1, -0.05) is 36.4 Å². The fraction of sp³-hybridized carbons (Fsp3) is 0.370. The molecule has 162 valence electrons. The molecule has 0 bridgehead atoms. The number of nitrogens with zero attached hydrogens (tertiary/aromatic N) is 2. The maximum atomic E-state index is 13.4. The number of fused-ring (bicyclic) bond motifs is 1. The number of rotatable bonds is 5. The van der Waals surface area contributed by atoms with E-state index in [2.05, 4.69) is 58.8 Å². The maximum Gasteiger partial charge on any atom is 0.136 e. The van der Waals surface area contributed by atoms with Crippen molar-refractivity contribution in [3.8, 4) is 0 Å². The van der Waals surface area contributed by atoms with Crippen molar-refractivity contribution in [2.24, 2.45) is 16.8 Å². The van der Waals surface area contributed by atoms with Gasteiger partial charge in [0.1, 0.15) is 5.78 Å². The summed E-state index contributed by atoms with van der Waals surface area (Å²) in [6.45, 7) is 2.71. The monoisotopic (exact) mass is 441 g/mol. The Hall–Kier alpha value is -2.63. The third-order valence-electron chi connectivity index (χ3n) is 7.48. The van der Waals surface area contributed by atoms with Crippen LogP contribution in [0.5, 0.6) is 0 Å². The van der Waals surface area contributed by atoms with E-state index < -0.39 is 0 Å². The van der Waals surface area contributed by atoms with E-state index in [1.54, 1.807) is 11.3 Å². The number of ketones is 1. The Balaban J connectivity index is 1.17. The van der Waals surface area contributed by atoms with Gasteiger partial charge in [0.25, 0.3) is 0 Å². The van der Waals surface area contributed by atoms with Crippen LogP contribution in [0.3, 0.4) is 0 Å². The van der Waals surface area contributed by atoms with E-state index in [4.69, 9.17) is 4.99 Å². The molecule has 0 unspecified atom stereocenters. The Kier molecular flexibility index (Phi) is 5.24. The van der Waals surface area contributed by atoms with E-state index in [0.29, 0.717) is 24.0 Å². The number of hydrogen-bond acceptors (Lipinski definition) is 5. The molecule has 2 aromatic carbocycles. The summed E-state index contributed by atoms with van der Waals surface area (Å²) in [4.78, 5) is 22.7. The van der Waals surface area contributed by atoms with Gasteiger partial charge < -0.3 is 5.32 Å². The summed E-state index contributed by atoms with van der Waals surface area (Å²) in [5.74, 6) is 1.40. The minimum Gasteiger partial charge on any atom is -0.316 e. The quantitative estimate of drug-likeness (QED) is 0.595. The van der Waals surface area contributed by atoms with E-state index in [-0.39, 0.29) is 5.92 Å². The van der Waals surface area contributed by atoms with Crippen molar-refractivity contribution in [2.75, 3.05) is 19.6 Å². The zero-order valence-corrected chi connectivity index (χ0v) is 18.9. The fourth-order valence-electron chi connectivity index (χ4n) is 5.71. The first-order chi connectivity index (χ1) is 15.8. The molecule has 3 atom stereocenters. The number of aliphatic imine (C=N–C) groups is 1. The third kappa shape index (κ3) is 3.63. The van der Waals surface area contributed by atoms with Gasteiger partial charge >= 0.3 is 0 Å². The van der Waals surface area contributed by atoms with Crippen molar-refractivity contribution < 1.29 is 4.79 Å². The highest BCUT2D eigenvalue weighted by Gasteiger charge is 2.35. The van der Waals surface area contributed by atoms with Crippen LogP contribution in [0.25, 0.3) is 10.2 Å². The standard InChI is InChI=1S/C27H27N3OS/c31-25(11-21-13-28-15-23(21)17-4-2-1-3-5-17)18-6-7-20-14-29-27(22(20)10-18)19-8-9-24-26(12-19)32-16-30-24/h1-5,8-9,12,16,18,21,23,28H,6-7,10-11,13-15H2/t18-,21-,23+/m0/s1. The number of hydrogen-bond donors (Lipinski definition) is 1. The first-order valence-corrected chi connectivity index (χ1v) is 12.5. The predicted molar refractivity (Wildman–Crippen MR) is 131 cm³/mol.